The van der Waals surface area contributed by atoms with Crippen LogP contribution in [0.1, 0.15) is 24.4 Å². The van der Waals surface area contributed by atoms with E-state index in [0.29, 0.717) is 5.75 Å². The summed E-state index contributed by atoms with van der Waals surface area (Å²) in [5, 5.41) is 20.5. The maximum atomic E-state index is 9.23. The molecule has 0 fully saturated rings. The van der Waals surface area contributed by atoms with Crippen LogP contribution in [0, 0.1) is 0 Å². The van der Waals surface area contributed by atoms with E-state index in [-0.39, 0.29) is 6.04 Å². The Labute approximate surface area is 106 Å². The smallest absolute Gasteiger partial charge is 0.133 e. The highest BCUT2D eigenvalue weighted by atomic mass is 16.3. The van der Waals surface area contributed by atoms with Gasteiger partial charge in [0.25, 0.3) is 0 Å². The molecular formula is C13H18N4O. The molecular weight excluding hydrogens is 228 g/mol. The van der Waals surface area contributed by atoms with Crippen molar-refractivity contribution >= 4 is 0 Å². The molecule has 0 amide bonds. The Morgan fingerprint density at radius 1 is 1.33 bits per heavy atom. The average Bonchev–Trinajstić information content (AvgIpc) is 2.76. The first-order valence-electron chi connectivity index (χ1n) is 6.02. The second-order valence-electron chi connectivity index (χ2n) is 4.38. The third-order valence-corrected chi connectivity index (χ3v) is 3.00. The number of aromatic nitrogens is 3. The number of phenols is 1. The Balaban J connectivity index is 1.83. The van der Waals surface area contributed by atoms with Gasteiger partial charge in [-0.15, -0.1) is 10.2 Å². The highest BCUT2D eigenvalue weighted by molar-refractivity contribution is 5.27. The first-order valence-corrected chi connectivity index (χ1v) is 6.02. The maximum absolute atomic E-state index is 9.23. The molecule has 2 rings (SSSR count). The van der Waals surface area contributed by atoms with Gasteiger partial charge < -0.3 is 15.0 Å². The molecule has 1 heterocycles. The van der Waals surface area contributed by atoms with E-state index in [1.165, 1.54) is 0 Å². The van der Waals surface area contributed by atoms with Gasteiger partial charge in [0.15, 0.2) is 0 Å². The fourth-order valence-electron chi connectivity index (χ4n) is 1.81. The maximum Gasteiger partial charge on any atom is 0.133 e. The molecule has 1 unspecified atom stereocenters. The lowest BCUT2D eigenvalue weighted by Crippen LogP contribution is -2.22. The van der Waals surface area contributed by atoms with Crippen molar-refractivity contribution in [1.82, 2.24) is 20.1 Å². The van der Waals surface area contributed by atoms with Gasteiger partial charge in [-0.3, -0.25) is 0 Å². The lowest BCUT2D eigenvalue weighted by molar-refractivity contribution is 0.474. The Hall–Kier alpha value is -1.88. The van der Waals surface area contributed by atoms with Gasteiger partial charge in [-0.2, -0.15) is 0 Å². The van der Waals surface area contributed by atoms with Gasteiger partial charge in [0.1, 0.15) is 17.9 Å². The third-order valence-electron chi connectivity index (χ3n) is 3.00. The molecule has 1 aromatic heterocycles. The predicted molar refractivity (Wildman–Crippen MR) is 69.2 cm³/mol. The van der Waals surface area contributed by atoms with Crippen molar-refractivity contribution in [3.63, 3.8) is 0 Å². The van der Waals surface area contributed by atoms with Gasteiger partial charge in [-0.05, 0) is 24.6 Å². The molecule has 2 N–H and O–H groups in total. The molecule has 2 aromatic rings. The van der Waals surface area contributed by atoms with Gasteiger partial charge in [0.05, 0.1) is 0 Å². The summed E-state index contributed by atoms with van der Waals surface area (Å²) in [6, 6.07) is 7.51. The van der Waals surface area contributed by atoms with Crippen LogP contribution in [-0.4, -0.2) is 26.4 Å². The second kappa shape index (κ2) is 5.64. The van der Waals surface area contributed by atoms with Crippen LogP contribution in [0.15, 0.2) is 30.6 Å². The van der Waals surface area contributed by atoms with E-state index in [1.54, 1.807) is 18.5 Å². The minimum atomic E-state index is 0.249. The van der Waals surface area contributed by atoms with Crippen molar-refractivity contribution in [1.29, 1.82) is 0 Å². The SMILES string of the molecule is CC(NCCc1nncn1C)c1ccc(O)cc1. The third kappa shape index (κ3) is 3.07. The van der Waals surface area contributed by atoms with Crippen molar-refractivity contribution in [3.8, 4) is 5.75 Å². The summed E-state index contributed by atoms with van der Waals surface area (Å²) < 4.78 is 1.92. The number of hydrogen-bond acceptors (Lipinski definition) is 4. The van der Waals surface area contributed by atoms with E-state index in [4.69, 9.17) is 0 Å². The highest BCUT2D eigenvalue weighted by Gasteiger charge is 2.05. The molecule has 5 nitrogen and oxygen atoms in total. The van der Waals surface area contributed by atoms with Gasteiger partial charge in [0.2, 0.25) is 0 Å². The zero-order chi connectivity index (χ0) is 13.0. The lowest BCUT2D eigenvalue weighted by Gasteiger charge is -2.14. The van der Waals surface area contributed by atoms with E-state index in [1.807, 2.05) is 23.7 Å². The lowest BCUT2D eigenvalue weighted by atomic mass is 10.1. The summed E-state index contributed by atoms with van der Waals surface area (Å²) in [5.74, 6) is 1.27. The highest BCUT2D eigenvalue weighted by Crippen LogP contribution is 2.16. The molecule has 1 atom stereocenters. The van der Waals surface area contributed by atoms with Gasteiger partial charge in [-0.1, -0.05) is 12.1 Å². The molecule has 0 saturated carbocycles. The number of phenolic OH excluding ortho intramolecular Hbond substituents is 1. The van der Waals surface area contributed by atoms with Gasteiger partial charge in [0, 0.05) is 26.1 Å². The Bertz CT molecular complexity index is 492. The van der Waals surface area contributed by atoms with Crippen LogP contribution in [-0.2, 0) is 13.5 Å². The van der Waals surface area contributed by atoms with Crippen molar-refractivity contribution in [2.45, 2.75) is 19.4 Å². The van der Waals surface area contributed by atoms with E-state index < -0.39 is 0 Å². The van der Waals surface area contributed by atoms with E-state index in [9.17, 15) is 5.11 Å². The molecule has 0 aliphatic heterocycles. The molecule has 1 aromatic carbocycles. The zero-order valence-electron chi connectivity index (χ0n) is 10.7. The summed E-state index contributed by atoms with van der Waals surface area (Å²) in [6.45, 7) is 2.94. The molecule has 18 heavy (non-hydrogen) atoms. The van der Waals surface area contributed by atoms with Crippen LogP contribution in [0.4, 0.5) is 0 Å². The molecule has 96 valence electrons. The van der Waals surface area contributed by atoms with Crippen LogP contribution < -0.4 is 5.32 Å². The molecule has 0 saturated heterocycles. The summed E-state index contributed by atoms with van der Waals surface area (Å²) in [4.78, 5) is 0. The normalized spacial score (nSPS) is 12.6. The van der Waals surface area contributed by atoms with Gasteiger partial charge >= 0.3 is 0 Å². The summed E-state index contributed by atoms with van der Waals surface area (Å²) in [6.07, 6.45) is 2.55. The number of nitrogens with zero attached hydrogens (tertiary/aromatic N) is 3. The monoisotopic (exact) mass is 246 g/mol. The topological polar surface area (TPSA) is 63.0 Å². The van der Waals surface area contributed by atoms with Crippen LogP contribution in [0.2, 0.25) is 0 Å². The van der Waals surface area contributed by atoms with Crippen molar-refractivity contribution in [2.24, 2.45) is 7.05 Å². The molecule has 5 heteroatoms. The minimum Gasteiger partial charge on any atom is -0.508 e. The van der Waals surface area contributed by atoms with E-state index in [2.05, 4.69) is 22.4 Å². The van der Waals surface area contributed by atoms with E-state index >= 15 is 0 Å². The first kappa shape index (κ1) is 12.6. The number of nitrogens with one attached hydrogen (secondary N) is 1. The van der Waals surface area contributed by atoms with Crippen LogP contribution in [0.3, 0.4) is 0 Å². The number of aromatic hydroxyl groups is 1. The van der Waals surface area contributed by atoms with E-state index in [0.717, 1.165) is 24.4 Å². The number of aryl methyl sites for hydroxylation is 1. The molecule has 0 bridgehead atoms. The van der Waals surface area contributed by atoms with Crippen LogP contribution in [0.25, 0.3) is 0 Å². The number of benzene rings is 1. The largest absolute Gasteiger partial charge is 0.508 e. The standard InChI is InChI=1S/C13H18N4O/c1-10(11-3-5-12(18)6-4-11)14-8-7-13-16-15-9-17(13)2/h3-6,9-10,14,18H,7-8H2,1-2H3. The van der Waals surface area contributed by atoms with Crippen LogP contribution >= 0.6 is 0 Å². The molecule has 0 radical (unpaired) electrons. The summed E-state index contributed by atoms with van der Waals surface area (Å²) in [7, 11) is 1.94. The zero-order valence-corrected chi connectivity index (χ0v) is 10.7. The average molecular weight is 246 g/mol. The Morgan fingerprint density at radius 3 is 2.67 bits per heavy atom. The predicted octanol–water partition coefficient (Wildman–Crippen LogP) is 1.41. The fourth-order valence-corrected chi connectivity index (χ4v) is 1.81. The molecule has 0 aliphatic carbocycles. The Kier molecular flexibility index (Phi) is 3.94. The molecule has 0 aliphatic rings. The first-order chi connectivity index (χ1) is 8.66. The van der Waals surface area contributed by atoms with Crippen molar-refractivity contribution in [2.75, 3.05) is 6.54 Å². The van der Waals surface area contributed by atoms with Crippen molar-refractivity contribution < 1.29 is 5.11 Å². The van der Waals surface area contributed by atoms with Crippen molar-refractivity contribution in [3.05, 3.63) is 42.0 Å². The summed E-state index contributed by atoms with van der Waals surface area (Å²) >= 11 is 0. The molecule has 0 spiro atoms. The Morgan fingerprint density at radius 2 is 2.06 bits per heavy atom. The summed E-state index contributed by atoms with van der Waals surface area (Å²) in [5.41, 5.74) is 1.16. The second-order valence-corrected chi connectivity index (χ2v) is 4.38. The number of rotatable bonds is 5. The minimum absolute atomic E-state index is 0.249. The number of hydrogen-bond donors (Lipinski definition) is 2. The fraction of sp³-hybridized carbons (Fsp3) is 0.385. The van der Waals surface area contributed by atoms with Gasteiger partial charge in [-0.25, -0.2) is 0 Å². The van der Waals surface area contributed by atoms with Crippen LogP contribution in [0.5, 0.6) is 5.75 Å². The quantitative estimate of drug-likeness (QED) is 0.837.